The Hall–Kier alpha value is -2.08. The van der Waals surface area contributed by atoms with E-state index in [1.165, 1.54) is 5.56 Å². The Kier molecular flexibility index (Phi) is 2.80. The van der Waals surface area contributed by atoms with Crippen molar-refractivity contribution < 1.29 is 0 Å². The van der Waals surface area contributed by atoms with Gasteiger partial charge in [0.2, 0.25) is 0 Å². The van der Waals surface area contributed by atoms with Gasteiger partial charge < -0.3 is 0 Å². The number of rotatable bonds is 1. The Morgan fingerprint density at radius 2 is 2.13 bits per heavy atom. The van der Waals surface area contributed by atoms with Gasteiger partial charge in [-0.1, -0.05) is 36.4 Å². The van der Waals surface area contributed by atoms with Gasteiger partial charge in [-0.2, -0.15) is 5.26 Å². The van der Waals surface area contributed by atoms with Crippen molar-refractivity contribution in [3.63, 3.8) is 0 Å². The van der Waals surface area contributed by atoms with Crippen LogP contribution in [-0.2, 0) is 0 Å². The first-order valence-electron chi connectivity index (χ1n) is 4.84. The summed E-state index contributed by atoms with van der Waals surface area (Å²) in [4.78, 5) is 4.44. The maximum atomic E-state index is 8.50. The zero-order chi connectivity index (χ0) is 10.5. The Bertz CT molecular complexity index is 426. The molecule has 0 spiro atoms. The molecule has 0 unspecified atom stereocenters. The van der Waals surface area contributed by atoms with Gasteiger partial charge in [-0.15, -0.1) is 0 Å². The minimum Gasteiger partial charge on any atom is -0.277 e. The summed E-state index contributed by atoms with van der Waals surface area (Å²) in [7, 11) is 0. The largest absolute Gasteiger partial charge is 0.277 e. The highest BCUT2D eigenvalue weighted by molar-refractivity contribution is 5.94. The first-order valence-corrected chi connectivity index (χ1v) is 4.84. The number of dihydropyridines is 1. The Labute approximate surface area is 88.8 Å². The molecule has 0 radical (unpaired) electrons. The van der Waals surface area contributed by atoms with Crippen LogP contribution in [0.2, 0.25) is 0 Å². The van der Waals surface area contributed by atoms with Gasteiger partial charge in [-0.25, -0.2) is 0 Å². The van der Waals surface area contributed by atoms with Crippen molar-refractivity contribution in [2.75, 3.05) is 0 Å². The molecule has 0 aromatic heterocycles. The standard InChI is InChI=1S/C12H11N3/c13-9-14-12-8-4-7-11(15-12)10-5-2-1-3-6-10/h1-6,8,11H,7H2,(H,14,15)/t11-/m1/s1. The molecule has 0 saturated carbocycles. The lowest BCUT2D eigenvalue weighted by Gasteiger charge is -2.15. The summed E-state index contributed by atoms with van der Waals surface area (Å²) in [5.74, 6) is 0.637. The number of hydrogen-bond donors (Lipinski definition) is 1. The third-order valence-electron chi connectivity index (χ3n) is 2.30. The molecule has 0 aliphatic carbocycles. The molecule has 1 aliphatic heterocycles. The molecule has 1 heterocycles. The van der Waals surface area contributed by atoms with Crippen LogP contribution in [0.25, 0.3) is 0 Å². The van der Waals surface area contributed by atoms with Gasteiger partial charge in [0.15, 0.2) is 6.19 Å². The van der Waals surface area contributed by atoms with E-state index in [1.54, 1.807) is 0 Å². The molecule has 3 nitrogen and oxygen atoms in total. The first-order chi connectivity index (χ1) is 7.40. The number of amidine groups is 1. The van der Waals surface area contributed by atoms with E-state index in [-0.39, 0.29) is 6.04 Å². The summed E-state index contributed by atoms with van der Waals surface area (Å²) >= 11 is 0. The summed E-state index contributed by atoms with van der Waals surface area (Å²) in [6.45, 7) is 0. The second-order valence-corrected chi connectivity index (χ2v) is 3.32. The number of hydrogen-bond acceptors (Lipinski definition) is 3. The van der Waals surface area contributed by atoms with E-state index in [0.717, 1.165) is 6.42 Å². The zero-order valence-corrected chi connectivity index (χ0v) is 8.22. The van der Waals surface area contributed by atoms with Gasteiger partial charge >= 0.3 is 0 Å². The summed E-state index contributed by atoms with van der Waals surface area (Å²) in [6.07, 6.45) is 6.63. The molecule has 3 heteroatoms. The van der Waals surface area contributed by atoms with Crippen LogP contribution >= 0.6 is 0 Å². The molecule has 0 bridgehead atoms. The van der Waals surface area contributed by atoms with Gasteiger partial charge in [0.05, 0.1) is 6.04 Å². The molecule has 1 aromatic rings. The summed E-state index contributed by atoms with van der Waals surface area (Å²) < 4.78 is 0. The number of nitrogens with zero attached hydrogens (tertiary/aromatic N) is 2. The lowest BCUT2D eigenvalue weighted by Crippen LogP contribution is -2.18. The topological polar surface area (TPSA) is 48.2 Å². The quantitative estimate of drug-likeness (QED) is 0.554. The average Bonchev–Trinajstić information content (AvgIpc) is 2.31. The maximum Gasteiger partial charge on any atom is 0.182 e. The molecule has 1 aliphatic rings. The van der Waals surface area contributed by atoms with Gasteiger partial charge in [0, 0.05) is 0 Å². The molecular formula is C12H11N3. The third-order valence-corrected chi connectivity index (χ3v) is 2.30. The van der Waals surface area contributed by atoms with E-state index in [4.69, 9.17) is 5.26 Å². The van der Waals surface area contributed by atoms with Crippen LogP contribution in [0.5, 0.6) is 0 Å². The van der Waals surface area contributed by atoms with Crippen LogP contribution in [-0.4, -0.2) is 5.84 Å². The van der Waals surface area contributed by atoms with Gasteiger partial charge in [-0.05, 0) is 18.1 Å². The Morgan fingerprint density at radius 3 is 2.87 bits per heavy atom. The number of nitriles is 1. The Balaban J connectivity index is 2.20. The van der Waals surface area contributed by atoms with Crippen LogP contribution in [0.3, 0.4) is 0 Å². The summed E-state index contributed by atoms with van der Waals surface area (Å²) in [5, 5.41) is 11.1. The normalized spacial score (nSPS) is 19.1. The molecule has 0 fully saturated rings. The molecule has 1 atom stereocenters. The van der Waals surface area contributed by atoms with Crippen LogP contribution < -0.4 is 5.32 Å². The van der Waals surface area contributed by atoms with Crippen molar-refractivity contribution >= 4 is 5.84 Å². The van der Waals surface area contributed by atoms with E-state index in [2.05, 4.69) is 22.4 Å². The second kappa shape index (κ2) is 4.43. The van der Waals surface area contributed by atoms with Gasteiger partial charge in [-0.3, -0.25) is 10.3 Å². The van der Waals surface area contributed by atoms with Crippen molar-refractivity contribution in [1.82, 2.24) is 5.32 Å². The molecule has 1 N–H and O–H groups in total. The predicted molar refractivity (Wildman–Crippen MR) is 59.1 cm³/mol. The van der Waals surface area contributed by atoms with E-state index in [1.807, 2.05) is 36.5 Å². The van der Waals surface area contributed by atoms with E-state index >= 15 is 0 Å². The highest BCUT2D eigenvalue weighted by atomic mass is 15.0. The average molecular weight is 197 g/mol. The first kappa shape index (κ1) is 9.47. The van der Waals surface area contributed by atoms with Gasteiger partial charge in [0.1, 0.15) is 5.84 Å². The summed E-state index contributed by atoms with van der Waals surface area (Å²) in [5.41, 5.74) is 1.18. The fraction of sp³-hybridized carbons (Fsp3) is 0.167. The van der Waals surface area contributed by atoms with E-state index < -0.39 is 0 Å². The molecule has 15 heavy (non-hydrogen) atoms. The Morgan fingerprint density at radius 1 is 1.33 bits per heavy atom. The fourth-order valence-corrected chi connectivity index (χ4v) is 1.59. The van der Waals surface area contributed by atoms with Crippen molar-refractivity contribution in [2.45, 2.75) is 12.5 Å². The predicted octanol–water partition coefficient (Wildman–Crippen LogP) is 2.16. The number of aliphatic imine (C=N–C) groups is 1. The molecule has 1 aromatic carbocycles. The van der Waals surface area contributed by atoms with Crippen molar-refractivity contribution in [2.24, 2.45) is 4.99 Å². The molecular weight excluding hydrogens is 186 g/mol. The van der Waals surface area contributed by atoms with Crippen molar-refractivity contribution in [3.8, 4) is 6.19 Å². The maximum absolute atomic E-state index is 8.50. The van der Waals surface area contributed by atoms with E-state index in [0.29, 0.717) is 5.84 Å². The second-order valence-electron chi connectivity index (χ2n) is 3.32. The molecule has 0 amide bonds. The minimum absolute atomic E-state index is 0.132. The SMILES string of the molecule is N#CNC1=N[C@@H](c2ccccc2)CC=C1. The highest BCUT2D eigenvalue weighted by Crippen LogP contribution is 2.23. The lowest BCUT2D eigenvalue weighted by atomic mass is 10.0. The van der Waals surface area contributed by atoms with Crippen LogP contribution in [0.1, 0.15) is 18.0 Å². The molecule has 74 valence electrons. The monoisotopic (exact) mass is 197 g/mol. The smallest absolute Gasteiger partial charge is 0.182 e. The highest BCUT2D eigenvalue weighted by Gasteiger charge is 2.11. The number of benzene rings is 1. The zero-order valence-electron chi connectivity index (χ0n) is 8.22. The molecule has 0 saturated heterocycles. The molecule has 2 rings (SSSR count). The van der Waals surface area contributed by atoms with Crippen LogP contribution in [0.4, 0.5) is 0 Å². The lowest BCUT2D eigenvalue weighted by molar-refractivity contribution is 0.731. The van der Waals surface area contributed by atoms with Crippen molar-refractivity contribution in [3.05, 3.63) is 48.0 Å². The van der Waals surface area contributed by atoms with Crippen molar-refractivity contribution in [1.29, 1.82) is 5.26 Å². The number of nitrogens with one attached hydrogen (secondary N) is 1. The van der Waals surface area contributed by atoms with E-state index in [9.17, 15) is 0 Å². The summed E-state index contributed by atoms with van der Waals surface area (Å²) in [6, 6.07) is 10.2. The fourth-order valence-electron chi connectivity index (χ4n) is 1.59. The van der Waals surface area contributed by atoms with Gasteiger partial charge in [0.25, 0.3) is 0 Å². The third kappa shape index (κ3) is 2.23. The van der Waals surface area contributed by atoms with Crippen LogP contribution in [0.15, 0.2) is 47.5 Å². The minimum atomic E-state index is 0.132. The van der Waals surface area contributed by atoms with Crippen LogP contribution in [0, 0.1) is 11.5 Å².